The second kappa shape index (κ2) is 8.59. The minimum atomic E-state index is 0.0652. The molecule has 1 atom stereocenters. The van der Waals surface area contributed by atoms with Crippen LogP contribution in [0.15, 0.2) is 18.3 Å². The van der Waals surface area contributed by atoms with Gasteiger partial charge in [-0.15, -0.1) is 5.10 Å². The van der Waals surface area contributed by atoms with Crippen molar-refractivity contribution in [2.75, 3.05) is 18.5 Å². The first-order chi connectivity index (χ1) is 12.7. The van der Waals surface area contributed by atoms with Crippen LogP contribution in [0.1, 0.15) is 42.7 Å². The molecule has 1 saturated heterocycles. The van der Waals surface area contributed by atoms with Crippen molar-refractivity contribution in [2.45, 2.75) is 45.8 Å². The summed E-state index contributed by atoms with van der Waals surface area (Å²) >= 11 is 0. The van der Waals surface area contributed by atoms with Crippen LogP contribution in [-0.2, 0) is 24.1 Å². The molecule has 0 radical (unpaired) electrons. The second-order valence-corrected chi connectivity index (χ2v) is 6.13. The number of nitrogens with zero attached hydrogens (tertiary/aromatic N) is 4. The van der Waals surface area contributed by atoms with Crippen molar-refractivity contribution in [1.29, 1.82) is 5.26 Å². The summed E-state index contributed by atoms with van der Waals surface area (Å²) in [4.78, 5) is 4.26. The zero-order chi connectivity index (χ0) is 18.4. The highest BCUT2D eigenvalue weighted by Crippen LogP contribution is 2.21. The van der Waals surface area contributed by atoms with E-state index in [2.05, 4.69) is 26.6 Å². The van der Waals surface area contributed by atoms with Crippen molar-refractivity contribution >= 4 is 5.82 Å². The Balaban J connectivity index is 1.72. The number of nitriles is 1. The SMILES string of the molecule is CCc1nnc(NCc2ccnc(OC3CCOC3)c2)c(C#N)c1CC. The Morgan fingerprint density at radius 1 is 1.35 bits per heavy atom. The molecular formula is C19H23N5O2. The minimum absolute atomic E-state index is 0.0652. The van der Waals surface area contributed by atoms with Crippen LogP contribution in [0.5, 0.6) is 5.88 Å². The molecule has 1 aliphatic heterocycles. The fraction of sp³-hybridized carbons (Fsp3) is 0.474. The second-order valence-electron chi connectivity index (χ2n) is 6.13. The quantitative estimate of drug-likeness (QED) is 0.818. The van der Waals surface area contributed by atoms with Crippen LogP contribution < -0.4 is 10.1 Å². The first kappa shape index (κ1) is 18.1. The molecule has 7 nitrogen and oxygen atoms in total. The van der Waals surface area contributed by atoms with Gasteiger partial charge in [0.2, 0.25) is 5.88 Å². The smallest absolute Gasteiger partial charge is 0.213 e. The van der Waals surface area contributed by atoms with Gasteiger partial charge >= 0.3 is 0 Å². The number of rotatable bonds is 7. The first-order valence-electron chi connectivity index (χ1n) is 8.96. The molecule has 3 heterocycles. The number of ether oxygens (including phenoxy) is 2. The molecule has 136 valence electrons. The normalized spacial score (nSPS) is 16.3. The summed E-state index contributed by atoms with van der Waals surface area (Å²) in [5.41, 5.74) is 3.42. The third-order valence-corrected chi connectivity index (χ3v) is 4.39. The lowest BCUT2D eigenvalue weighted by molar-refractivity contribution is 0.138. The lowest BCUT2D eigenvalue weighted by atomic mass is 10.0. The molecule has 0 amide bonds. The average molecular weight is 353 g/mol. The lowest BCUT2D eigenvalue weighted by Gasteiger charge is -2.13. The van der Waals surface area contributed by atoms with Gasteiger partial charge in [0.1, 0.15) is 17.7 Å². The molecule has 0 spiro atoms. The van der Waals surface area contributed by atoms with E-state index in [-0.39, 0.29) is 6.10 Å². The molecule has 1 aliphatic rings. The van der Waals surface area contributed by atoms with Crippen molar-refractivity contribution in [2.24, 2.45) is 0 Å². The van der Waals surface area contributed by atoms with Gasteiger partial charge < -0.3 is 14.8 Å². The number of pyridine rings is 1. The zero-order valence-electron chi connectivity index (χ0n) is 15.2. The van der Waals surface area contributed by atoms with Crippen molar-refractivity contribution in [1.82, 2.24) is 15.2 Å². The average Bonchev–Trinajstić information content (AvgIpc) is 3.18. The Bertz CT molecular complexity index is 797. The van der Waals surface area contributed by atoms with Crippen LogP contribution in [-0.4, -0.2) is 34.5 Å². The summed E-state index contributed by atoms with van der Waals surface area (Å²) in [7, 11) is 0. The number of hydrogen-bond acceptors (Lipinski definition) is 7. The Morgan fingerprint density at radius 2 is 2.23 bits per heavy atom. The van der Waals surface area contributed by atoms with Crippen molar-refractivity contribution in [3.05, 3.63) is 40.7 Å². The molecule has 0 aromatic carbocycles. The van der Waals surface area contributed by atoms with Gasteiger partial charge in [0.05, 0.1) is 18.9 Å². The molecule has 1 N–H and O–H groups in total. The van der Waals surface area contributed by atoms with E-state index in [0.29, 0.717) is 30.4 Å². The summed E-state index contributed by atoms with van der Waals surface area (Å²) in [6, 6.07) is 6.07. The number of anilines is 1. The Kier molecular flexibility index (Phi) is 5.97. The van der Waals surface area contributed by atoms with Crippen LogP contribution in [0, 0.1) is 11.3 Å². The molecule has 0 bridgehead atoms. The monoisotopic (exact) mass is 353 g/mol. The molecule has 0 aliphatic carbocycles. The summed E-state index contributed by atoms with van der Waals surface area (Å²) < 4.78 is 11.2. The van der Waals surface area contributed by atoms with Crippen LogP contribution in [0.25, 0.3) is 0 Å². The highest BCUT2D eigenvalue weighted by molar-refractivity contribution is 5.56. The van der Waals surface area contributed by atoms with Gasteiger partial charge in [0.25, 0.3) is 0 Å². The van der Waals surface area contributed by atoms with Crippen LogP contribution >= 0.6 is 0 Å². The number of aromatic nitrogens is 3. The van der Waals surface area contributed by atoms with E-state index < -0.39 is 0 Å². The predicted molar refractivity (Wildman–Crippen MR) is 96.9 cm³/mol. The molecule has 26 heavy (non-hydrogen) atoms. The summed E-state index contributed by atoms with van der Waals surface area (Å²) in [5.74, 6) is 1.10. The van der Waals surface area contributed by atoms with Gasteiger partial charge in [-0.2, -0.15) is 10.4 Å². The predicted octanol–water partition coefficient (Wildman–Crippen LogP) is 2.65. The maximum Gasteiger partial charge on any atom is 0.213 e. The third kappa shape index (κ3) is 4.09. The van der Waals surface area contributed by atoms with Crippen LogP contribution in [0.4, 0.5) is 5.82 Å². The summed E-state index contributed by atoms with van der Waals surface area (Å²) in [6.45, 7) is 5.90. The molecule has 7 heteroatoms. The third-order valence-electron chi connectivity index (χ3n) is 4.39. The Labute approximate surface area is 153 Å². The molecule has 1 unspecified atom stereocenters. The fourth-order valence-electron chi connectivity index (χ4n) is 3.00. The van der Waals surface area contributed by atoms with Gasteiger partial charge in [-0.3, -0.25) is 0 Å². The molecular weight excluding hydrogens is 330 g/mol. The highest BCUT2D eigenvalue weighted by Gasteiger charge is 2.18. The van der Waals surface area contributed by atoms with Gasteiger partial charge in [-0.25, -0.2) is 4.98 Å². The van der Waals surface area contributed by atoms with Crippen molar-refractivity contribution < 1.29 is 9.47 Å². The van der Waals surface area contributed by atoms with Crippen molar-refractivity contribution in [3.63, 3.8) is 0 Å². The number of hydrogen-bond donors (Lipinski definition) is 1. The first-order valence-corrected chi connectivity index (χ1v) is 8.96. The van der Waals surface area contributed by atoms with Gasteiger partial charge in [0, 0.05) is 25.2 Å². The Hall–Kier alpha value is -2.72. The maximum atomic E-state index is 9.55. The zero-order valence-corrected chi connectivity index (χ0v) is 15.2. The topological polar surface area (TPSA) is 93.0 Å². The number of nitrogens with one attached hydrogen (secondary N) is 1. The van der Waals surface area contributed by atoms with E-state index in [1.54, 1.807) is 6.20 Å². The van der Waals surface area contributed by atoms with Gasteiger partial charge in [0.15, 0.2) is 5.82 Å². The fourth-order valence-corrected chi connectivity index (χ4v) is 3.00. The van der Waals surface area contributed by atoms with E-state index in [9.17, 15) is 5.26 Å². The van der Waals surface area contributed by atoms with Gasteiger partial charge in [-0.1, -0.05) is 13.8 Å². The highest BCUT2D eigenvalue weighted by atomic mass is 16.5. The summed E-state index contributed by atoms with van der Waals surface area (Å²) in [6.07, 6.45) is 4.19. The molecule has 0 saturated carbocycles. The van der Waals surface area contributed by atoms with E-state index in [1.807, 2.05) is 26.0 Å². The van der Waals surface area contributed by atoms with E-state index >= 15 is 0 Å². The van der Waals surface area contributed by atoms with Crippen LogP contribution in [0.3, 0.4) is 0 Å². The minimum Gasteiger partial charge on any atom is -0.472 e. The maximum absolute atomic E-state index is 9.55. The lowest BCUT2D eigenvalue weighted by Crippen LogP contribution is -2.16. The summed E-state index contributed by atoms with van der Waals surface area (Å²) in [5, 5.41) is 21.2. The van der Waals surface area contributed by atoms with Gasteiger partial charge in [-0.05, 0) is 30.0 Å². The number of aryl methyl sites for hydroxylation is 1. The van der Waals surface area contributed by atoms with E-state index in [4.69, 9.17) is 9.47 Å². The van der Waals surface area contributed by atoms with E-state index in [0.717, 1.165) is 42.7 Å². The van der Waals surface area contributed by atoms with Crippen LogP contribution in [0.2, 0.25) is 0 Å². The molecule has 2 aromatic rings. The largest absolute Gasteiger partial charge is 0.472 e. The standard InChI is InChI=1S/C19H23N5O2/c1-3-15-16(10-20)19(24-23-17(15)4-2)22-11-13-5-7-21-18(9-13)26-14-6-8-25-12-14/h5,7,9,14H,3-4,6,8,11-12H2,1-2H3,(H,22,24). The molecule has 3 rings (SSSR count). The van der Waals surface area contributed by atoms with E-state index in [1.165, 1.54) is 0 Å². The molecule has 1 fully saturated rings. The Morgan fingerprint density at radius 3 is 2.92 bits per heavy atom. The van der Waals surface area contributed by atoms with Crippen molar-refractivity contribution in [3.8, 4) is 11.9 Å². The molecule has 2 aromatic heterocycles.